The molecule has 5 N–H and O–H groups in total. The predicted octanol–water partition coefficient (Wildman–Crippen LogP) is 2.74. The predicted molar refractivity (Wildman–Crippen MR) is 152 cm³/mol. The van der Waals surface area contributed by atoms with Gasteiger partial charge in [-0.2, -0.15) is 0 Å². The Bertz CT molecular complexity index is 879. The molecule has 38 heavy (non-hydrogen) atoms. The molecule has 0 spiro atoms. The Balaban J connectivity index is 0.0000137. The number of methoxy groups -OCH3 is 1. The number of nitrogens with one attached hydrogen (secondary N) is 3. The molecule has 10 heteroatoms. The number of hydrogen-bond donors (Lipinski definition) is 4. The average molecular weight is 555 g/mol. The number of nitrogens with two attached hydrogens (primary N) is 1. The molecule has 3 amide bonds. The summed E-state index contributed by atoms with van der Waals surface area (Å²) < 4.78 is 4.90. The van der Waals surface area contributed by atoms with Gasteiger partial charge in [0.2, 0.25) is 17.7 Å². The molecule has 0 aliphatic rings. The highest BCUT2D eigenvalue weighted by Gasteiger charge is 2.31. The molecule has 0 fully saturated rings. The van der Waals surface area contributed by atoms with Gasteiger partial charge in [-0.25, -0.2) is 4.79 Å². The van der Waals surface area contributed by atoms with Gasteiger partial charge in [-0.1, -0.05) is 71.9 Å². The molecule has 0 aromatic heterocycles. The fourth-order valence-corrected chi connectivity index (χ4v) is 4.03. The van der Waals surface area contributed by atoms with Gasteiger partial charge in [0.25, 0.3) is 0 Å². The Morgan fingerprint density at radius 3 is 1.55 bits per heavy atom. The summed E-state index contributed by atoms with van der Waals surface area (Å²) in [6.07, 6.45) is 1.49. The molecule has 0 aliphatic carbocycles. The van der Waals surface area contributed by atoms with Crippen LogP contribution in [0.2, 0.25) is 0 Å². The lowest BCUT2D eigenvalue weighted by Gasteiger charge is -2.27. The maximum Gasteiger partial charge on any atom is 0.328 e. The smallest absolute Gasteiger partial charge is 0.328 e. The van der Waals surface area contributed by atoms with E-state index in [0.717, 1.165) is 5.56 Å². The second-order valence-corrected chi connectivity index (χ2v) is 10.9. The standard InChI is InChI=1S/C28H46N4O5.ClH/c1-17(2)13-21(29)25(33)30-22(14-18(3)4)26(34)31-23(15-19(5)6)27(35)32-24(28(36)37-7)16-20-11-9-8-10-12-20;/h8-12,17-19,21-24H,13-16,29H2,1-7H3,(H,30,33)(H,31,34)(H,32,35);1H/t21-,22-,23-,24-;/m0./s1. The van der Waals surface area contributed by atoms with Crippen LogP contribution < -0.4 is 21.7 Å². The fraction of sp³-hybridized carbons (Fsp3) is 0.643. The van der Waals surface area contributed by atoms with Gasteiger partial charge < -0.3 is 26.4 Å². The van der Waals surface area contributed by atoms with E-state index in [-0.39, 0.29) is 36.6 Å². The van der Waals surface area contributed by atoms with Crippen LogP contribution in [-0.4, -0.2) is 55.0 Å². The van der Waals surface area contributed by atoms with E-state index in [9.17, 15) is 19.2 Å². The maximum atomic E-state index is 13.3. The summed E-state index contributed by atoms with van der Waals surface area (Å²) in [5, 5.41) is 8.33. The van der Waals surface area contributed by atoms with Crippen molar-refractivity contribution in [1.82, 2.24) is 16.0 Å². The van der Waals surface area contributed by atoms with E-state index in [4.69, 9.17) is 10.5 Å². The maximum absolute atomic E-state index is 13.3. The quantitative estimate of drug-likeness (QED) is 0.246. The Morgan fingerprint density at radius 2 is 1.13 bits per heavy atom. The topological polar surface area (TPSA) is 140 Å². The third kappa shape index (κ3) is 13.2. The summed E-state index contributed by atoms with van der Waals surface area (Å²) in [6.45, 7) is 11.7. The van der Waals surface area contributed by atoms with Crippen LogP contribution >= 0.6 is 12.4 Å². The molecule has 1 aromatic carbocycles. The average Bonchev–Trinajstić information content (AvgIpc) is 2.81. The molecule has 1 rings (SSSR count). The normalized spacial score (nSPS) is 14.2. The second kappa shape index (κ2) is 17.8. The van der Waals surface area contributed by atoms with Gasteiger partial charge >= 0.3 is 5.97 Å². The van der Waals surface area contributed by atoms with Crippen LogP contribution in [0.1, 0.15) is 66.4 Å². The van der Waals surface area contributed by atoms with E-state index in [1.165, 1.54) is 7.11 Å². The van der Waals surface area contributed by atoms with E-state index in [1.807, 2.05) is 71.9 Å². The molecule has 9 nitrogen and oxygen atoms in total. The van der Waals surface area contributed by atoms with Gasteiger partial charge in [0.1, 0.15) is 18.1 Å². The van der Waals surface area contributed by atoms with Gasteiger partial charge in [0.05, 0.1) is 13.2 Å². The lowest BCUT2D eigenvalue weighted by atomic mass is 9.98. The van der Waals surface area contributed by atoms with Crippen molar-refractivity contribution in [2.45, 2.75) is 91.4 Å². The molecular formula is C28H47ClN4O5. The van der Waals surface area contributed by atoms with Crippen LogP contribution in [0, 0.1) is 17.8 Å². The highest BCUT2D eigenvalue weighted by atomic mass is 35.5. The second-order valence-electron chi connectivity index (χ2n) is 10.9. The van der Waals surface area contributed by atoms with E-state index in [1.54, 1.807) is 0 Å². The number of esters is 1. The van der Waals surface area contributed by atoms with Gasteiger partial charge in [-0.05, 0) is 42.6 Å². The number of hydrogen-bond acceptors (Lipinski definition) is 6. The minimum absolute atomic E-state index is 0. The zero-order valence-electron chi connectivity index (χ0n) is 23.8. The molecule has 0 aliphatic heterocycles. The molecular weight excluding hydrogens is 508 g/mol. The number of carbonyl (C=O) groups excluding carboxylic acids is 4. The number of amides is 3. The van der Waals surface area contributed by atoms with Crippen molar-refractivity contribution in [1.29, 1.82) is 0 Å². The highest BCUT2D eigenvalue weighted by molar-refractivity contribution is 5.94. The molecule has 0 bridgehead atoms. The number of rotatable bonds is 15. The largest absolute Gasteiger partial charge is 0.467 e. The van der Waals surface area contributed by atoms with Crippen molar-refractivity contribution < 1.29 is 23.9 Å². The lowest BCUT2D eigenvalue weighted by Crippen LogP contribution is -2.57. The number of carbonyl (C=O) groups is 4. The van der Waals surface area contributed by atoms with Gasteiger partial charge in [-0.15, -0.1) is 12.4 Å². The molecule has 4 atom stereocenters. The Labute approximate surface area is 233 Å². The third-order valence-electron chi connectivity index (χ3n) is 5.83. The first-order valence-electron chi connectivity index (χ1n) is 13.1. The molecule has 0 unspecified atom stereocenters. The summed E-state index contributed by atoms with van der Waals surface area (Å²) in [5.41, 5.74) is 6.88. The first-order chi connectivity index (χ1) is 17.3. The van der Waals surface area contributed by atoms with Crippen molar-refractivity contribution in [2.24, 2.45) is 23.5 Å². The zero-order valence-corrected chi connectivity index (χ0v) is 24.6. The highest BCUT2D eigenvalue weighted by Crippen LogP contribution is 2.11. The molecule has 0 heterocycles. The first kappa shape index (κ1) is 35.4. The van der Waals surface area contributed by atoms with Crippen LogP contribution in [0.25, 0.3) is 0 Å². The van der Waals surface area contributed by atoms with Crippen molar-refractivity contribution in [3.05, 3.63) is 35.9 Å². The van der Waals surface area contributed by atoms with Gasteiger partial charge in [-0.3, -0.25) is 14.4 Å². The van der Waals surface area contributed by atoms with Crippen molar-refractivity contribution in [2.75, 3.05) is 7.11 Å². The first-order valence-corrected chi connectivity index (χ1v) is 13.1. The number of halogens is 1. The van der Waals surface area contributed by atoms with Crippen LogP contribution in [0.4, 0.5) is 0 Å². The Kier molecular flexibility index (Phi) is 16.5. The summed E-state index contributed by atoms with van der Waals surface area (Å²) in [6, 6.07) is 5.92. The SMILES string of the molecule is COC(=O)[C@H](Cc1ccccc1)NC(=O)[C@H](CC(C)C)NC(=O)[C@H](CC(C)C)NC(=O)[C@@H](N)CC(C)C.Cl. The van der Waals surface area contributed by atoms with Crippen molar-refractivity contribution >= 4 is 36.1 Å². The Hall–Kier alpha value is -2.65. The third-order valence-corrected chi connectivity index (χ3v) is 5.83. The molecule has 216 valence electrons. The lowest BCUT2D eigenvalue weighted by molar-refractivity contribution is -0.145. The monoisotopic (exact) mass is 554 g/mol. The van der Waals surface area contributed by atoms with E-state index in [2.05, 4.69) is 16.0 Å². The number of benzene rings is 1. The molecule has 0 saturated heterocycles. The Morgan fingerprint density at radius 1 is 0.711 bits per heavy atom. The molecule has 0 saturated carbocycles. The molecule has 0 radical (unpaired) electrons. The minimum Gasteiger partial charge on any atom is -0.467 e. The van der Waals surface area contributed by atoms with Crippen LogP contribution in [0.15, 0.2) is 30.3 Å². The van der Waals surface area contributed by atoms with Crippen LogP contribution in [0.3, 0.4) is 0 Å². The van der Waals surface area contributed by atoms with Gasteiger partial charge in [0.15, 0.2) is 0 Å². The fourth-order valence-electron chi connectivity index (χ4n) is 4.03. The van der Waals surface area contributed by atoms with Crippen LogP contribution in [0.5, 0.6) is 0 Å². The van der Waals surface area contributed by atoms with E-state index < -0.39 is 47.9 Å². The summed E-state index contributed by atoms with van der Waals surface area (Å²) in [7, 11) is 1.27. The zero-order chi connectivity index (χ0) is 28.1. The molecule has 1 aromatic rings. The van der Waals surface area contributed by atoms with Crippen molar-refractivity contribution in [3.63, 3.8) is 0 Å². The summed E-state index contributed by atoms with van der Waals surface area (Å²) in [5.74, 6) is -1.49. The van der Waals surface area contributed by atoms with Gasteiger partial charge in [0, 0.05) is 6.42 Å². The van der Waals surface area contributed by atoms with Crippen LogP contribution in [-0.2, 0) is 30.3 Å². The minimum atomic E-state index is -0.911. The van der Waals surface area contributed by atoms with E-state index in [0.29, 0.717) is 19.3 Å². The summed E-state index contributed by atoms with van der Waals surface area (Å²) in [4.78, 5) is 51.7. The van der Waals surface area contributed by atoms with Crippen molar-refractivity contribution in [3.8, 4) is 0 Å². The van der Waals surface area contributed by atoms with E-state index >= 15 is 0 Å². The summed E-state index contributed by atoms with van der Waals surface area (Å²) >= 11 is 0. The number of ether oxygens (including phenoxy) is 1.